The van der Waals surface area contributed by atoms with E-state index >= 15 is 0 Å². The number of allylic oxidation sites excluding steroid dienone is 2. The summed E-state index contributed by atoms with van der Waals surface area (Å²) < 4.78 is 20.6. The van der Waals surface area contributed by atoms with E-state index < -0.39 is 6.98 Å². The molecule has 0 aromatic carbocycles. The Kier molecular flexibility index (Phi) is 1.41. The van der Waals surface area contributed by atoms with Crippen LogP contribution in [0.15, 0.2) is 12.2 Å². The lowest BCUT2D eigenvalue weighted by Gasteiger charge is -2.14. The highest BCUT2D eigenvalue weighted by Crippen LogP contribution is 2.17. The molecule has 1 rings (SSSR count). The maximum Gasteiger partial charge on any atom is 0.223 e. The average Bonchev–Trinajstić information content (AvgIpc) is 2.03. The Balaban J connectivity index is 2.43. The van der Waals surface area contributed by atoms with E-state index in [0.29, 0.717) is 6.42 Å². The van der Waals surface area contributed by atoms with Gasteiger partial charge in [-0.3, -0.25) is 4.79 Å². The van der Waals surface area contributed by atoms with Crippen molar-refractivity contribution in [3.05, 3.63) is 12.2 Å². The molecule has 0 bridgehead atoms. The zero-order valence-electron chi connectivity index (χ0n) is 8.76. The van der Waals surface area contributed by atoms with Gasteiger partial charge in [-0.05, 0) is 19.3 Å². The molecule has 0 aromatic rings. The second-order valence-electron chi connectivity index (χ2n) is 2.47. The Labute approximate surface area is 65.5 Å². The van der Waals surface area contributed by atoms with Gasteiger partial charge in [0.05, 0.1) is 0 Å². The fourth-order valence-corrected chi connectivity index (χ4v) is 1.13. The van der Waals surface area contributed by atoms with Gasteiger partial charge in [0.1, 0.15) is 0 Å². The minimum atomic E-state index is -2.35. The lowest BCUT2D eigenvalue weighted by atomic mass is 9.94. The quantitative estimate of drug-likeness (QED) is 0.545. The fraction of sp³-hybridized carbons (Fsp3) is 0.625. The summed E-state index contributed by atoms with van der Waals surface area (Å²) in [5.41, 5.74) is 0. The first-order chi connectivity index (χ1) is 5.99. The lowest BCUT2D eigenvalue weighted by molar-refractivity contribution is -0.124. The molecular formula is C8H13NO. The molecule has 10 heavy (non-hydrogen) atoms. The van der Waals surface area contributed by atoms with Gasteiger partial charge in [-0.25, -0.2) is 0 Å². The summed E-state index contributed by atoms with van der Waals surface area (Å²) in [6, 6.07) is 0. The standard InChI is InChI=1S/C8H13NO/c1-9-8(10)7-5-3-2-4-6-7/h2-3,7H,4-6H2,1H3,(H,9,10)/i1D3. The predicted molar refractivity (Wildman–Crippen MR) is 40.5 cm³/mol. The van der Waals surface area contributed by atoms with E-state index in [1.54, 1.807) is 0 Å². The number of carbonyl (C=O) groups excluding carboxylic acids is 1. The van der Waals surface area contributed by atoms with Crippen LogP contribution in [-0.4, -0.2) is 12.9 Å². The van der Waals surface area contributed by atoms with Crippen LogP contribution in [0.2, 0.25) is 0 Å². The molecule has 56 valence electrons. The highest BCUT2D eigenvalue weighted by Gasteiger charge is 2.16. The van der Waals surface area contributed by atoms with Crippen molar-refractivity contribution < 1.29 is 8.91 Å². The van der Waals surface area contributed by atoms with E-state index in [0.717, 1.165) is 12.8 Å². The van der Waals surface area contributed by atoms with Crippen LogP contribution in [0.3, 0.4) is 0 Å². The van der Waals surface area contributed by atoms with Crippen molar-refractivity contribution in [1.29, 1.82) is 0 Å². The SMILES string of the molecule is [2H]C([2H])([2H])NC(=O)C1CC=CCC1. The molecule has 1 aliphatic carbocycles. The van der Waals surface area contributed by atoms with E-state index in [9.17, 15) is 4.79 Å². The average molecular weight is 142 g/mol. The van der Waals surface area contributed by atoms with Crippen molar-refractivity contribution in [3.8, 4) is 0 Å². The van der Waals surface area contributed by atoms with Crippen LogP contribution >= 0.6 is 0 Å². The maximum absolute atomic E-state index is 11.3. The molecule has 1 amide bonds. The third kappa shape index (κ3) is 1.59. The predicted octanol–water partition coefficient (Wildman–Crippen LogP) is 1.09. The summed E-state index contributed by atoms with van der Waals surface area (Å²) in [6.07, 6.45) is 6.20. The number of hydrogen-bond donors (Lipinski definition) is 1. The van der Waals surface area contributed by atoms with Gasteiger partial charge in [-0.1, -0.05) is 12.2 Å². The number of hydrogen-bond acceptors (Lipinski definition) is 1. The van der Waals surface area contributed by atoms with Gasteiger partial charge in [-0.2, -0.15) is 0 Å². The molecule has 1 atom stereocenters. The first kappa shape index (κ1) is 4.16. The molecule has 0 fully saturated rings. The van der Waals surface area contributed by atoms with Crippen LogP contribution in [0.4, 0.5) is 0 Å². The molecule has 1 unspecified atom stereocenters. The largest absolute Gasteiger partial charge is 0.359 e. The topological polar surface area (TPSA) is 29.1 Å². The van der Waals surface area contributed by atoms with Crippen LogP contribution < -0.4 is 5.32 Å². The number of rotatable bonds is 1. The fourth-order valence-electron chi connectivity index (χ4n) is 1.13. The third-order valence-corrected chi connectivity index (χ3v) is 1.76. The number of carbonyl (C=O) groups is 1. The molecule has 1 N–H and O–H groups in total. The Morgan fingerprint density at radius 1 is 1.80 bits per heavy atom. The van der Waals surface area contributed by atoms with Crippen LogP contribution in [-0.2, 0) is 4.79 Å². The van der Waals surface area contributed by atoms with Gasteiger partial charge >= 0.3 is 0 Å². The summed E-state index contributed by atoms with van der Waals surface area (Å²) >= 11 is 0. The van der Waals surface area contributed by atoms with Gasteiger partial charge in [0, 0.05) is 17.0 Å². The molecule has 0 aromatic heterocycles. The zero-order chi connectivity index (χ0) is 9.90. The van der Waals surface area contributed by atoms with E-state index in [2.05, 4.69) is 0 Å². The summed E-state index contributed by atoms with van der Waals surface area (Å²) in [7, 11) is 0. The molecule has 0 radical (unpaired) electrons. The Morgan fingerprint density at radius 2 is 2.70 bits per heavy atom. The third-order valence-electron chi connectivity index (χ3n) is 1.76. The first-order valence-corrected chi connectivity index (χ1v) is 3.46. The summed E-state index contributed by atoms with van der Waals surface area (Å²) in [5, 5.41) is 2.02. The summed E-state index contributed by atoms with van der Waals surface area (Å²) in [6.45, 7) is -2.35. The monoisotopic (exact) mass is 142 g/mol. The molecule has 2 heteroatoms. The summed E-state index contributed by atoms with van der Waals surface area (Å²) in [4.78, 5) is 11.3. The molecule has 0 saturated heterocycles. The van der Waals surface area contributed by atoms with Gasteiger partial charge in [-0.15, -0.1) is 0 Å². The maximum atomic E-state index is 11.3. The van der Waals surface area contributed by atoms with E-state index in [1.165, 1.54) is 0 Å². The smallest absolute Gasteiger partial charge is 0.223 e. The number of nitrogens with one attached hydrogen (secondary N) is 1. The van der Waals surface area contributed by atoms with E-state index in [4.69, 9.17) is 4.11 Å². The van der Waals surface area contributed by atoms with Crippen molar-refractivity contribution in [3.63, 3.8) is 0 Å². The molecular weight excluding hydrogens is 126 g/mol. The Hall–Kier alpha value is -0.790. The van der Waals surface area contributed by atoms with E-state index in [-0.39, 0.29) is 11.8 Å². The van der Waals surface area contributed by atoms with Crippen molar-refractivity contribution in [2.45, 2.75) is 19.3 Å². The Morgan fingerprint density at radius 3 is 3.30 bits per heavy atom. The van der Waals surface area contributed by atoms with Crippen LogP contribution in [0.5, 0.6) is 0 Å². The van der Waals surface area contributed by atoms with Crippen LogP contribution in [0.1, 0.15) is 23.4 Å². The second kappa shape index (κ2) is 3.40. The van der Waals surface area contributed by atoms with Gasteiger partial charge in [0.25, 0.3) is 0 Å². The second-order valence-corrected chi connectivity index (χ2v) is 2.47. The van der Waals surface area contributed by atoms with Gasteiger partial charge in [0.2, 0.25) is 5.91 Å². The Bertz CT molecular complexity index is 222. The molecule has 2 nitrogen and oxygen atoms in total. The lowest BCUT2D eigenvalue weighted by Crippen LogP contribution is -2.27. The molecule has 0 heterocycles. The van der Waals surface area contributed by atoms with Crippen LogP contribution in [0, 0.1) is 5.92 Å². The highest BCUT2D eigenvalue weighted by molar-refractivity contribution is 5.78. The molecule has 1 aliphatic rings. The van der Waals surface area contributed by atoms with Crippen LogP contribution in [0.25, 0.3) is 0 Å². The molecule has 0 spiro atoms. The minimum Gasteiger partial charge on any atom is -0.359 e. The highest BCUT2D eigenvalue weighted by atomic mass is 16.1. The van der Waals surface area contributed by atoms with Gasteiger partial charge < -0.3 is 5.32 Å². The minimum absolute atomic E-state index is 0.162. The first-order valence-electron chi connectivity index (χ1n) is 4.96. The van der Waals surface area contributed by atoms with E-state index in [1.807, 2.05) is 17.5 Å². The van der Waals surface area contributed by atoms with Crippen molar-refractivity contribution in [2.75, 3.05) is 6.98 Å². The molecule has 0 saturated carbocycles. The van der Waals surface area contributed by atoms with Crippen molar-refractivity contribution >= 4 is 5.91 Å². The van der Waals surface area contributed by atoms with Crippen molar-refractivity contribution in [2.24, 2.45) is 5.92 Å². The summed E-state index contributed by atoms with van der Waals surface area (Å²) in [5.74, 6) is -0.519. The van der Waals surface area contributed by atoms with Gasteiger partial charge in [0.15, 0.2) is 0 Å². The number of amides is 1. The zero-order valence-corrected chi connectivity index (χ0v) is 5.76. The molecule has 0 aliphatic heterocycles. The van der Waals surface area contributed by atoms with Crippen molar-refractivity contribution in [1.82, 2.24) is 5.32 Å². The normalized spacial score (nSPS) is 30.0.